The summed E-state index contributed by atoms with van der Waals surface area (Å²) in [5.41, 5.74) is 2.22. The molecule has 0 aliphatic heterocycles. The Bertz CT molecular complexity index is 1220. The van der Waals surface area contributed by atoms with Crippen LogP contribution in [0.3, 0.4) is 0 Å². The van der Waals surface area contributed by atoms with Crippen molar-refractivity contribution in [3.63, 3.8) is 0 Å². The Kier molecular flexibility index (Phi) is 5.07. The number of pyridine rings is 2. The lowest BCUT2D eigenvalue weighted by Crippen LogP contribution is -2.15. The first-order valence-electron chi connectivity index (χ1n) is 9.28. The summed E-state index contributed by atoms with van der Waals surface area (Å²) in [4.78, 5) is 29.1. The lowest BCUT2D eigenvalue weighted by atomic mass is 10.2. The molecule has 0 spiro atoms. The Morgan fingerprint density at radius 1 is 1.03 bits per heavy atom. The number of nitrogens with zero attached hydrogens (tertiary/aromatic N) is 2. The lowest BCUT2D eigenvalue weighted by molar-refractivity contribution is 0.0519. The van der Waals surface area contributed by atoms with Gasteiger partial charge in [-0.15, -0.1) is 0 Å². The number of carbonyl (C=O) groups is 1. The Labute approximate surface area is 167 Å². The fraction of sp³-hybridized carbons (Fsp3) is 0.0870. The maximum atomic E-state index is 12.8. The number of esters is 1. The third-order valence-electron chi connectivity index (χ3n) is 4.44. The van der Waals surface area contributed by atoms with Gasteiger partial charge in [-0.1, -0.05) is 36.4 Å². The highest BCUT2D eigenvalue weighted by Crippen LogP contribution is 2.25. The third-order valence-corrected chi connectivity index (χ3v) is 4.44. The van der Waals surface area contributed by atoms with Gasteiger partial charge in [0.05, 0.1) is 17.5 Å². The highest BCUT2D eigenvalue weighted by molar-refractivity contribution is 5.93. The van der Waals surface area contributed by atoms with E-state index in [2.05, 4.69) is 10.3 Å². The molecule has 0 unspecified atom stereocenters. The van der Waals surface area contributed by atoms with Crippen LogP contribution >= 0.6 is 0 Å². The number of ether oxygens (including phenoxy) is 1. The van der Waals surface area contributed by atoms with Gasteiger partial charge in [-0.2, -0.15) is 0 Å². The van der Waals surface area contributed by atoms with Crippen molar-refractivity contribution in [3.05, 3.63) is 94.9 Å². The van der Waals surface area contributed by atoms with Gasteiger partial charge in [0, 0.05) is 23.6 Å². The molecule has 0 radical (unpaired) electrons. The molecule has 0 fully saturated rings. The Morgan fingerprint density at radius 2 is 1.72 bits per heavy atom. The molecule has 2 aromatic carbocycles. The normalized spacial score (nSPS) is 10.7. The molecular formula is C23H19N3O3. The van der Waals surface area contributed by atoms with Crippen LogP contribution in [0.2, 0.25) is 0 Å². The minimum atomic E-state index is -0.525. The van der Waals surface area contributed by atoms with Crippen LogP contribution in [-0.4, -0.2) is 22.1 Å². The number of benzene rings is 2. The minimum Gasteiger partial charge on any atom is -0.461 e. The molecule has 29 heavy (non-hydrogen) atoms. The molecule has 6 heteroatoms. The minimum absolute atomic E-state index is 0.153. The van der Waals surface area contributed by atoms with Gasteiger partial charge in [0.2, 0.25) is 0 Å². The Balaban J connectivity index is 1.98. The molecule has 2 aromatic heterocycles. The van der Waals surface area contributed by atoms with E-state index < -0.39 is 5.97 Å². The Morgan fingerprint density at radius 3 is 2.41 bits per heavy atom. The van der Waals surface area contributed by atoms with Crippen molar-refractivity contribution in [3.8, 4) is 5.69 Å². The first-order valence-corrected chi connectivity index (χ1v) is 9.28. The summed E-state index contributed by atoms with van der Waals surface area (Å²) >= 11 is 0. The van der Waals surface area contributed by atoms with Crippen molar-refractivity contribution in [1.29, 1.82) is 0 Å². The van der Waals surface area contributed by atoms with Gasteiger partial charge in [-0.25, -0.2) is 9.78 Å². The molecule has 144 valence electrons. The van der Waals surface area contributed by atoms with Gasteiger partial charge in [0.25, 0.3) is 0 Å². The molecule has 0 bridgehead atoms. The summed E-state index contributed by atoms with van der Waals surface area (Å²) in [6, 6.07) is 22.3. The zero-order valence-corrected chi connectivity index (χ0v) is 15.8. The maximum absolute atomic E-state index is 12.8. The van der Waals surface area contributed by atoms with E-state index in [4.69, 9.17) is 4.74 Å². The zero-order chi connectivity index (χ0) is 20.2. The fourth-order valence-corrected chi connectivity index (χ4v) is 3.15. The van der Waals surface area contributed by atoms with Crippen LogP contribution in [0, 0.1) is 0 Å². The van der Waals surface area contributed by atoms with Gasteiger partial charge in [0.15, 0.2) is 5.43 Å². The van der Waals surface area contributed by atoms with E-state index in [1.165, 1.54) is 12.3 Å². The van der Waals surface area contributed by atoms with E-state index in [1.54, 1.807) is 13.0 Å². The topological polar surface area (TPSA) is 73.2 Å². The average molecular weight is 385 g/mol. The van der Waals surface area contributed by atoms with Crippen molar-refractivity contribution in [2.24, 2.45) is 0 Å². The number of anilines is 2. The van der Waals surface area contributed by atoms with Crippen LogP contribution in [-0.2, 0) is 4.74 Å². The highest BCUT2D eigenvalue weighted by Gasteiger charge is 2.16. The van der Waals surface area contributed by atoms with Crippen molar-refractivity contribution in [1.82, 2.24) is 9.55 Å². The van der Waals surface area contributed by atoms with Crippen LogP contribution in [0.25, 0.3) is 16.6 Å². The maximum Gasteiger partial charge on any atom is 0.356 e. The summed E-state index contributed by atoms with van der Waals surface area (Å²) < 4.78 is 6.97. The van der Waals surface area contributed by atoms with Gasteiger partial charge >= 0.3 is 5.97 Å². The average Bonchev–Trinajstić information content (AvgIpc) is 2.75. The number of aromatic nitrogens is 2. The van der Waals surface area contributed by atoms with Gasteiger partial charge in [-0.05, 0) is 37.3 Å². The number of hydrogen-bond donors (Lipinski definition) is 1. The zero-order valence-electron chi connectivity index (χ0n) is 15.8. The smallest absolute Gasteiger partial charge is 0.356 e. The molecule has 0 saturated carbocycles. The molecular weight excluding hydrogens is 366 g/mol. The van der Waals surface area contributed by atoms with Crippen LogP contribution in [0.4, 0.5) is 11.5 Å². The molecule has 6 nitrogen and oxygen atoms in total. The molecule has 0 amide bonds. The summed E-state index contributed by atoms with van der Waals surface area (Å²) in [5.74, 6) is 0.0591. The molecule has 4 aromatic rings. The largest absolute Gasteiger partial charge is 0.461 e. The first-order chi connectivity index (χ1) is 14.2. The quantitative estimate of drug-likeness (QED) is 0.519. The number of fused-ring (bicyclic) bond motifs is 1. The van der Waals surface area contributed by atoms with Crippen molar-refractivity contribution >= 4 is 28.4 Å². The van der Waals surface area contributed by atoms with Gasteiger partial charge < -0.3 is 10.1 Å². The van der Waals surface area contributed by atoms with Crippen molar-refractivity contribution in [2.75, 3.05) is 11.9 Å². The standard InChI is InChI=1S/C23H19N3O3/c1-2-29-23(28)19-13-20-18(15-24-19)21(27)14-22(25-16-9-5-3-6-10-16)26(20)17-11-7-4-8-12-17/h3-15,25H,2H2,1H3. The van der Waals surface area contributed by atoms with Gasteiger partial charge in [-0.3, -0.25) is 9.36 Å². The van der Waals surface area contributed by atoms with E-state index in [0.29, 0.717) is 16.7 Å². The molecule has 2 heterocycles. The molecule has 0 saturated heterocycles. The predicted octanol–water partition coefficient (Wildman–Crippen LogP) is 4.31. The summed E-state index contributed by atoms with van der Waals surface area (Å²) in [5, 5.41) is 3.72. The van der Waals surface area contributed by atoms with Crippen molar-refractivity contribution in [2.45, 2.75) is 6.92 Å². The number of carbonyl (C=O) groups excluding carboxylic acids is 1. The molecule has 1 N–H and O–H groups in total. The summed E-state index contributed by atoms with van der Waals surface area (Å²) in [6.45, 7) is 1.99. The first kappa shape index (κ1) is 18.4. The highest BCUT2D eigenvalue weighted by atomic mass is 16.5. The van der Waals surface area contributed by atoms with E-state index >= 15 is 0 Å². The Hall–Kier alpha value is -3.93. The van der Waals surface area contributed by atoms with E-state index in [9.17, 15) is 9.59 Å². The van der Waals surface area contributed by atoms with E-state index in [0.717, 1.165) is 11.4 Å². The third kappa shape index (κ3) is 3.73. The van der Waals surface area contributed by atoms with Crippen LogP contribution < -0.4 is 10.7 Å². The van der Waals surface area contributed by atoms with Crippen LogP contribution in [0.1, 0.15) is 17.4 Å². The van der Waals surface area contributed by atoms with E-state index in [1.807, 2.05) is 65.2 Å². The van der Waals surface area contributed by atoms with E-state index in [-0.39, 0.29) is 17.7 Å². The number of hydrogen-bond acceptors (Lipinski definition) is 5. The van der Waals surface area contributed by atoms with Crippen LogP contribution in [0.5, 0.6) is 0 Å². The SMILES string of the molecule is CCOC(=O)c1cc2c(cn1)c(=O)cc(Nc1ccccc1)n2-c1ccccc1. The second-order valence-electron chi connectivity index (χ2n) is 6.36. The summed E-state index contributed by atoms with van der Waals surface area (Å²) in [6.07, 6.45) is 1.43. The van der Waals surface area contributed by atoms with Crippen molar-refractivity contribution < 1.29 is 9.53 Å². The second-order valence-corrected chi connectivity index (χ2v) is 6.36. The van der Waals surface area contributed by atoms with Crippen LogP contribution in [0.15, 0.2) is 83.8 Å². The molecule has 4 rings (SSSR count). The fourth-order valence-electron chi connectivity index (χ4n) is 3.15. The monoisotopic (exact) mass is 385 g/mol. The number of rotatable bonds is 5. The number of para-hydroxylation sites is 2. The predicted molar refractivity (Wildman–Crippen MR) is 113 cm³/mol. The van der Waals surface area contributed by atoms with Gasteiger partial charge in [0.1, 0.15) is 11.5 Å². The summed E-state index contributed by atoms with van der Waals surface area (Å²) in [7, 11) is 0. The number of nitrogens with one attached hydrogen (secondary N) is 1. The molecule has 0 aliphatic rings. The molecule has 0 atom stereocenters. The molecule has 0 aliphatic carbocycles. The second kappa shape index (κ2) is 7.98. The lowest BCUT2D eigenvalue weighted by Gasteiger charge is -2.18.